The number of benzene rings is 3. The summed E-state index contributed by atoms with van der Waals surface area (Å²) in [6.45, 7) is 2.02. The summed E-state index contributed by atoms with van der Waals surface area (Å²) in [7, 11) is 0. The molecule has 1 atom stereocenters. The molecule has 148 valence electrons. The minimum Gasteiger partial charge on any atom is -0.338 e. The number of pyridine rings is 1. The zero-order valence-corrected chi connectivity index (χ0v) is 16.7. The first-order valence-corrected chi connectivity index (χ1v) is 10.0. The zero-order valence-electron chi connectivity index (χ0n) is 16.7. The smallest absolute Gasteiger partial charge is 0.253 e. The molecule has 0 radical (unpaired) electrons. The van der Waals surface area contributed by atoms with E-state index in [9.17, 15) is 9.59 Å². The van der Waals surface area contributed by atoms with Crippen LogP contribution in [0.4, 0.5) is 0 Å². The maximum absolute atomic E-state index is 13.5. The molecule has 0 spiro atoms. The molecule has 0 aliphatic carbocycles. The number of carbonyl (C=O) groups excluding carboxylic acids is 2. The maximum Gasteiger partial charge on any atom is 0.253 e. The Morgan fingerprint density at radius 1 is 0.933 bits per heavy atom. The van der Waals surface area contributed by atoms with E-state index < -0.39 is 6.04 Å². The number of nitrogens with zero attached hydrogens (tertiary/aromatic N) is 1. The first-order chi connectivity index (χ1) is 14.7. The van der Waals surface area contributed by atoms with Gasteiger partial charge in [-0.25, -0.2) is 4.98 Å². The monoisotopic (exact) mass is 394 g/mol. The first kappa shape index (κ1) is 19.5. The van der Waals surface area contributed by atoms with Crippen LogP contribution in [0.5, 0.6) is 0 Å². The lowest BCUT2D eigenvalue weighted by molar-refractivity contribution is -0.109. The van der Waals surface area contributed by atoms with Gasteiger partial charge >= 0.3 is 0 Å². The van der Waals surface area contributed by atoms with Crippen LogP contribution in [0, 0.1) is 0 Å². The van der Waals surface area contributed by atoms with E-state index in [4.69, 9.17) is 4.98 Å². The topological polar surface area (TPSA) is 59.1 Å². The lowest BCUT2D eigenvalue weighted by Gasteiger charge is -2.19. The Morgan fingerprint density at radius 3 is 2.23 bits per heavy atom. The number of rotatable bonds is 6. The molecule has 1 unspecified atom stereocenters. The van der Waals surface area contributed by atoms with Crippen molar-refractivity contribution in [3.63, 3.8) is 0 Å². The SMILES string of the molecule is CCc1c(-c2ccccc2)nc2ccccc2c1C(=O)NC(C=O)c1ccccc1. The fourth-order valence-electron chi connectivity index (χ4n) is 3.76. The fourth-order valence-corrected chi connectivity index (χ4v) is 3.76. The van der Waals surface area contributed by atoms with E-state index in [1.54, 1.807) is 0 Å². The number of para-hydroxylation sites is 1. The highest BCUT2D eigenvalue weighted by Crippen LogP contribution is 2.31. The summed E-state index contributed by atoms with van der Waals surface area (Å²) < 4.78 is 0. The fraction of sp³-hybridized carbons (Fsp3) is 0.115. The highest BCUT2D eigenvalue weighted by atomic mass is 16.2. The van der Waals surface area contributed by atoms with Crippen LogP contribution in [0.3, 0.4) is 0 Å². The molecule has 1 amide bonds. The van der Waals surface area contributed by atoms with E-state index in [0.717, 1.165) is 39.6 Å². The van der Waals surface area contributed by atoms with Gasteiger partial charge in [0.05, 0.1) is 16.8 Å². The van der Waals surface area contributed by atoms with Crippen molar-refractivity contribution in [3.05, 3.63) is 102 Å². The molecule has 4 nitrogen and oxygen atoms in total. The summed E-state index contributed by atoms with van der Waals surface area (Å²) in [6, 6.07) is 26.0. The van der Waals surface area contributed by atoms with Crippen LogP contribution in [-0.4, -0.2) is 17.2 Å². The van der Waals surface area contributed by atoms with Crippen molar-refractivity contribution in [3.8, 4) is 11.3 Å². The average Bonchev–Trinajstić information content (AvgIpc) is 2.82. The number of hydrogen-bond donors (Lipinski definition) is 1. The van der Waals surface area contributed by atoms with Crippen molar-refractivity contribution >= 4 is 23.1 Å². The van der Waals surface area contributed by atoms with E-state index in [2.05, 4.69) is 5.32 Å². The summed E-state index contributed by atoms with van der Waals surface area (Å²) >= 11 is 0. The highest BCUT2D eigenvalue weighted by Gasteiger charge is 2.23. The molecule has 1 aromatic heterocycles. The van der Waals surface area contributed by atoms with E-state index in [-0.39, 0.29) is 5.91 Å². The molecule has 0 saturated heterocycles. The number of nitrogens with one attached hydrogen (secondary N) is 1. The Morgan fingerprint density at radius 2 is 1.57 bits per heavy atom. The second kappa shape index (κ2) is 8.70. The van der Waals surface area contributed by atoms with E-state index in [1.165, 1.54) is 0 Å². The van der Waals surface area contributed by atoms with Gasteiger partial charge < -0.3 is 10.1 Å². The molecule has 3 aromatic carbocycles. The molecule has 1 heterocycles. The molecule has 0 aliphatic rings. The Balaban J connectivity index is 1.86. The second-order valence-corrected chi connectivity index (χ2v) is 7.05. The number of amides is 1. The largest absolute Gasteiger partial charge is 0.338 e. The van der Waals surface area contributed by atoms with Crippen molar-refractivity contribution < 1.29 is 9.59 Å². The summed E-state index contributed by atoms with van der Waals surface area (Å²) in [5.74, 6) is -0.274. The molecule has 0 fully saturated rings. The Bertz CT molecular complexity index is 1190. The first-order valence-electron chi connectivity index (χ1n) is 10.0. The van der Waals surface area contributed by atoms with Crippen LogP contribution in [0.25, 0.3) is 22.2 Å². The normalized spacial score (nSPS) is 11.8. The lowest BCUT2D eigenvalue weighted by Crippen LogP contribution is -2.30. The molecule has 0 aliphatic heterocycles. The molecule has 1 N–H and O–H groups in total. The van der Waals surface area contributed by atoms with E-state index in [1.807, 2.05) is 91.9 Å². The standard InChI is InChI=1S/C26H22N2O2/c1-2-20-24(26(30)28-23(17-29)18-11-5-3-6-12-18)21-15-9-10-16-22(21)27-25(20)19-13-7-4-8-14-19/h3-17,23H,2H2,1H3,(H,28,30). The van der Waals surface area contributed by atoms with Gasteiger partial charge in [0.15, 0.2) is 0 Å². The molecule has 4 heteroatoms. The number of fused-ring (bicyclic) bond motifs is 1. The Hall–Kier alpha value is -3.79. The summed E-state index contributed by atoms with van der Waals surface area (Å²) in [6.07, 6.45) is 1.41. The van der Waals surface area contributed by atoms with Gasteiger partial charge in [0, 0.05) is 10.9 Å². The second-order valence-electron chi connectivity index (χ2n) is 7.05. The van der Waals surface area contributed by atoms with Crippen LogP contribution >= 0.6 is 0 Å². The Kier molecular flexibility index (Phi) is 5.66. The summed E-state index contributed by atoms with van der Waals surface area (Å²) in [5.41, 5.74) is 4.70. The minimum atomic E-state index is -0.712. The third-order valence-electron chi connectivity index (χ3n) is 5.20. The molecule has 4 aromatic rings. The summed E-state index contributed by atoms with van der Waals surface area (Å²) in [5, 5.41) is 3.69. The van der Waals surface area contributed by atoms with E-state index >= 15 is 0 Å². The Labute approximate surface area is 175 Å². The van der Waals surface area contributed by atoms with E-state index in [0.29, 0.717) is 12.0 Å². The average molecular weight is 394 g/mol. The van der Waals surface area contributed by atoms with Crippen molar-refractivity contribution in [2.45, 2.75) is 19.4 Å². The van der Waals surface area contributed by atoms with Gasteiger partial charge in [0.1, 0.15) is 12.3 Å². The number of hydrogen-bond acceptors (Lipinski definition) is 3. The van der Waals surface area contributed by atoms with Gasteiger partial charge in [0.2, 0.25) is 0 Å². The van der Waals surface area contributed by atoms with Gasteiger partial charge in [-0.3, -0.25) is 4.79 Å². The third-order valence-corrected chi connectivity index (χ3v) is 5.20. The van der Waals surface area contributed by atoms with Gasteiger partial charge in [-0.15, -0.1) is 0 Å². The van der Waals surface area contributed by atoms with Gasteiger partial charge in [-0.1, -0.05) is 85.8 Å². The van der Waals surface area contributed by atoms with Crippen LogP contribution in [0.15, 0.2) is 84.9 Å². The van der Waals surface area contributed by atoms with Crippen molar-refractivity contribution in [1.29, 1.82) is 0 Å². The number of aldehydes is 1. The number of aromatic nitrogens is 1. The molecular formula is C26H22N2O2. The van der Waals surface area contributed by atoms with Crippen LogP contribution in [-0.2, 0) is 11.2 Å². The third kappa shape index (κ3) is 3.72. The minimum absolute atomic E-state index is 0.274. The lowest BCUT2D eigenvalue weighted by atomic mass is 9.94. The van der Waals surface area contributed by atoms with Crippen LogP contribution in [0.2, 0.25) is 0 Å². The van der Waals surface area contributed by atoms with Crippen molar-refractivity contribution in [1.82, 2.24) is 10.3 Å². The quantitative estimate of drug-likeness (QED) is 0.461. The molecular weight excluding hydrogens is 372 g/mol. The van der Waals surface area contributed by atoms with Gasteiger partial charge in [-0.2, -0.15) is 0 Å². The number of carbonyl (C=O) groups is 2. The zero-order chi connectivity index (χ0) is 20.9. The summed E-state index contributed by atoms with van der Waals surface area (Å²) in [4.78, 5) is 30.1. The molecule has 30 heavy (non-hydrogen) atoms. The van der Waals surface area contributed by atoms with Gasteiger partial charge in [-0.05, 0) is 23.6 Å². The van der Waals surface area contributed by atoms with Crippen molar-refractivity contribution in [2.24, 2.45) is 0 Å². The molecule has 0 saturated carbocycles. The van der Waals surface area contributed by atoms with Crippen LogP contribution in [0.1, 0.15) is 34.5 Å². The van der Waals surface area contributed by atoms with Gasteiger partial charge in [0.25, 0.3) is 5.91 Å². The van der Waals surface area contributed by atoms with Crippen LogP contribution < -0.4 is 5.32 Å². The predicted octanol–water partition coefficient (Wildman–Crippen LogP) is 5.13. The highest BCUT2D eigenvalue weighted by molar-refractivity contribution is 6.09. The molecule has 0 bridgehead atoms. The maximum atomic E-state index is 13.5. The predicted molar refractivity (Wildman–Crippen MR) is 119 cm³/mol. The molecule has 4 rings (SSSR count). The van der Waals surface area contributed by atoms with Crippen molar-refractivity contribution in [2.75, 3.05) is 0 Å².